The van der Waals surface area contributed by atoms with Gasteiger partial charge in [0.05, 0.1) is 0 Å². The number of carbonyl (C=O) groups is 2. The number of carbonyl (C=O) groups excluding carboxylic acids is 2. The monoisotopic (exact) mass is 278 g/mol. The average molecular weight is 278 g/mol. The van der Waals surface area contributed by atoms with Crippen molar-refractivity contribution in [1.29, 1.82) is 0 Å². The zero-order chi connectivity index (χ0) is 14.3. The maximum atomic E-state index is 12.6. The number of hydrogen-bond acceptors (Lipinski definition) is 2. The van der Waals surface area contributed by atoms with Crippen molar-refractivity contribution >= 4 is 11.8 Å². The highest BCUT2D eigenvalue weighted by atomic mass is 16.2. The number of amides is 2. The standard InChI is InChI=1S/C16H26N2O2/c1-3-14-16(20)18(10(2)6-15(19)17-14)9-13-8-11-4-5-12(13)7-11/h10-14H,3-9H2,1-2H3,(H,17,19). The second-order valence-corrected chi connectivity index (χ2v) is 7.01. The minimum atomic E-state index is -0.314. The zero-order valence-corrected chi connectivity index (χ0v) is 12.6. The Balaban J connectivity index is 1.72. The van der Waals surface area contributed by atoms with Crippen molar-refractivity contribution in [2.24, 2.45) is 17.8 Å². The third-order valence-electron chi connectivity index (χ3n) is 5.65. The first-order chi connectivity index (χ1) is 9.58. The highest BCUT2D eigenvalue weighted by Gasteiger charge is 2.42. The van der Waals surface area contributed by atoms with Crippen LogP contribution in [-0.4, -0.2) is 35.3 Å². The molecular formula is C16H26N2O2. The summed E-state index contributed by atoms with van der Waals surface area (Å²) in [5.41, 5.74) is 0. The van der Waals surface area contributed by atoms with Crippen LogP contribution in [0.5, 0.6) is 0 Å². The van der Waals surface area contributed by atoms with Gasteiger partial charge in [-0.05, 0) is 50.4 Å². The maximum absolute atomic E-state index is 12.6. The smallest absolute Gasteiger partial charge is 0.245 e. The SMILES string of the molecule is CCC1NC(=O)CC(C)N(CC2CC3CCC2C3)C1=O. The Morgan fingerprint density at radius 3 is 2.65 bits per heavy atom. The second-order valence-electron chi connectivity index (χ2n) is 7.01. The van der Waals surface area contributed by atoms with Crippen molar-refractivity contribution in [3.63, 3.8) is 0 Å². The summed E-state index contributed by atoms with van der Waals surface area (Å²) in [6.07, 6.45) is 6.53. The highest BCUT2D eigenvalue weighted by molar-refractivity contribution is 5.90. The maximum Gasteiger partial charge on any atom is 0.245 e. The predicted molar refractivity (Wildman–Crippen MR) is 77.0 cm³/mol. The van der Waals surface area contributed by atoms with Crippen molar-refractivity contribution in [3.8, 4) is 0 Å². The number of hydrogen-bond donors (Lipinski definition) is 1. The first-order valence-corrected chi connectivity index (χ1v) is 8.18. The molecule has 0 aromatic heterocycles. The van der Waals surface area contributed by atoms with Gasteiger partial charge in [0, 0.05) is 19.0 Å². The lowest BCUT2D eigenvalue weighted by Crippen LogP contribution is -2.48. The predicted octanol–water partition coefficient (Wildman–Crippen LogP) is 1.94. The van der Waals surface area contributed by atoms with E-state index in [1.807, 2.05) is 18.7 Å². The molecular weight excluding hydrogens is 252 g/mol. The Labute approximate surface area is 121 Å². The third kappa shape index (κ3) is 2.45. The van der Waals surface area contributed by atoms with Crippen molar-refractivity contribution in [3.05, 3.63) is 0 Å². The molecule has 2 aliphatic carbocycles. The lowest BCUT2D eigenvalue weighted by Gasteiger charge is -2.33. The summed E-state index contributed by atoms with van der Waals surface area (Å²) in [6.45, 7) is 4.85. The van der Waals surface area contributed by atoms with Gasteiger partial charge >= 0.3 is 0 Å². The molecule has 2 amide bonds. The molecule has 5 unspecified atom stereocenters. The van der Waals surface area contributed by atoms with Gasteiger partial charge in [0.15, 0.2) is 0 Å². The molecule has 3 fully saturated rings. The van der Waals surface area contributed by atoms with E-state index in [9.17, 15) is 9.59 Å². The molecule has 20 heavy (non-hydrogen) atoms. The summed E-state index contributed by atoms with van der Waals surface area (Å²) in [7, 11) is 0. The van der Waals surface area contributed by atoms with Crippen LogP contribution in [0.2, 0.25) is 0 Å². The molecule has 1 heterocycles. The molecule has 1 aliphatic heterocycles. The Bertz CT molecular complexity index is 409. The van der Waals surface area contributed by atoms with Gasteiger partial charge in [-0.3, -0.25) is 9.59 Å². The number of fused-ring (bicyclic) bond motifs is 2. The summed E-state index contributed by atoms with van der Waals surface area (Å²) in [6, 6.07) is -0.274. The summed E-state index contributed by atoms with van der Waals surface area (Å²) in [4.78, 5) is 26.5. The van der Waals surface area contributed by atoms with Crippen LogP contribution in [0.25, 0.3) is 0 Å². The fourth-order valence-corrected chi connectivity index (χ4v) is 4.51. The lowest BCUT2D eigenvalue weighted by molar-refractivity contribution is -0.135. The molecule has 1 saturated heterocycles. The molecule has 2 bridgehead atoms. The largest absolute Gasteiger partial charge is 0.344 e. The lowest BCUT2D eigenvalue weighted by atomic mass is 9.88. The number of rotatable bonds is 3. The molecule has 0 radical (unpaired) electrons. The van der Waals surface area contributed by atoms with Crippen LogP contribution >= 0.6 is 0 Å². The van der Waals surface area contributed by atoms with Crippen molar-refractivity contribution in [1.82, 2.24) is 10.2 Å². The molecule has 4 heteroatoms. The minimum absolute atomic E-state index is 0.0214. The van der Waals surface area contributed by atoms with E-state index in [0.29, 0.717) is 18.8 Å². The van der Waals surface area contributed by atoms with Crippen molar-refractivity contribution in [2.75, 3.05) is 6.54 Å². The van der Waals surface area contributed by atoms with Gasteiger partial charge < -0.3 is 10.2 Å². The number of nitrogens with zero attached hydrogens (tertiary/aromatic N) is 1. The Hall–Kier alpha value is -1.06. The van der Waals surface area contributed by atoms with Crippen LogP contribution in [0.1, 0.15) is 52.4 Å². The van der Waals surface area contributed by atoms with Gasteiger partial charge in [-0.2, -0.15) is 0 Å². The fraction of sp³-hybridized carbons (Fsp3) is 0.875. The van der Waals surface area contributed by atoms with Crippen molar-refractivity contribution in [2.45, 2.75) is 64.5 Å². The molecule has 4 nitrogen and oxygen atoms in total. The Morgan fingerprint density at radius 1 is 1.25 bits per heavy atom. The van der Waals surface area contributed by atoms with Crippen LogP contribution in [0.15, 0.2) is 0 Å². The minimum Gasteiger partial charge on any atom is -0.344 e. The third-order valence-corrected chi connectivity index (χ3v) is 5.65. The fourth-order valence-electron chi connectivity index (χ4n) is 4.51. The number of nitrogens with one attached hydrogen (secondary N) is 1. The summed E-state index contributed by atoms with van der Waals surface area (Å²) in [5.74, 6) is 2.56. The Kier molecular flexibility index (Phi) is 3.74. The first kappa shape index (κ1) is 13.9. The van der Waals surface area contributed by atoms with Crippen molar-refractivity contribution < 1.29 is 9.59 Å². The van der Waals surface area contributed by atoms with E-state index < -0.39 is 0 Å². The van der Waals surface area contributed by atoms with E-state index in [1.165, 1.54) is 25.7 Å². The molecule has 112 valence electrons. The molecule has 2 saturated carbocycles. The van der Waals surface area contributed by atoms with Crippen LogP contribution in [0.4, 0.5) is 0 Å². The van der Waals surface area contributed by atoms with Crippen LogP contribution in [0, 0.1) is 17.8 Å². The van der Waals surface area contributed by atoms with E-state index >= 15 is 0 Å². The van der Waals surface area contributed by atoms with E-state index in [1.54, 1.807) is 0 Å². The van der Waals surface area contributed by atoms with Gasteiger partial charge in [0.1, 0.15) is 6.04 Å². The molecule has 0 spiro atoms. The van der Waals surface area contributed by atoms with Crippen LogP contribution in [-0.2, 0) is 9.59 Å². The van der Waals surface area contributed by atoms with Gasteiger partial charge in [-0.25, -0.2) is 0 Å². The molecule has 0 aromatic rings. The normalized spacial score (nSPS) is 40.9. The van der Waals surface area contributed by atoms with Gasteiger partial charge in [0.25, 0.3) is 0 Å². The molecule has 3 rings (SSSR count). The topological polar surface area (TPSA) is 49.4 Å². The second kappa shape index (κ2) is 5.38. The summed E-state index contributed by atoms with van der Waals surface area (Å²) < 4.78 is 0. The van der Waals surface area contributed by atoms with Crippen LogP contribution < -0.4 is 5.32 Å². The van der Waals surface area contributed by atoms with Gasteiger partial charge in [0.2, 0.25) is 11.8 Å². The molecule has 0 aromatic carbocycles. The summed E-state index contributed by atoms with van der Waals surface area (Å²) >= 11 is 0. The molecule has 5 atom stereocenters. The highest BCUT2D eigenvalue weighted by Crippen LogP contribution is 2.48. The first-order valence-electron chi connectivity index (χ1n) is 8.18. The van der Waals surface area contributed by atoms with E-state index in [0.717, 1.165) is 18.4 Å². The Morgan fingerprint density at radius 2 is 2.05 bits per heavy atom. The van der Waals surface area contributed by atoms with E-state index in [2.05, 4.69) is 5.32 Å². The van der Waals surface area contributed by atoms with Gasteiger partial charge in [-0.1, -0.05) is 13.3 Å². The van der Waals surface area contributed by atoms with Crippen LogP contribution in [0.3, 0.4) is 0 Å². The van der Waals surface area contributed by atoms with E-state index in [-0.39, 0.29) is 23.9 Å². The van der Waals surface area contributed by atoms with E-state index in [4.69, 9.17) is 0 Å². The quantitative estimate of drug-likeness (QED) is 0.857. The average Bonchev–Trinajstić information content (AvgIpc) is 3.00. The van der Waals surface area contributed by atoms with Gasteiger partial charge in [-0.15, -0.1) is 0 Å². The summed E-state index contributed by atoms with van der Waals surface area (Å²) in [5, 5.41) is 2.87. The molecule has 1 N–H and O–H groups in total. The molecule has 3 aliphatic rings. The zero-order valence-electron chi connectivity index (χ0n) is 12.6.